The molecule has 1 saturated heterocycles. The molecule has 2 aromatic rings. The number of hydrogen-bond donors (Lipinski definition) is 1. The Kier molecular flexibility index (Phi) is 3.66. The summed E-state index contributed by atoms with van der Waals surface area (Å²) in [5, 5.41) is 1.07. The number of nitrogen functional groups attached to an aromatic ring is 1. The fourth-order valence-corrected chi connectivity index (χ4v) is 4.27. The minimum Gasteiger partial charge on any atom is -0.399 e. The van der Waals surface area contributed by atoms with Crippen LogP contribution in [0.2, 0.25) is 0 Å². The van der Waals surface area contributed by atoms with Crippen LogP contribution in [-0.4, -0.2) is 23.9 Å². The van der Waals surface area contributed by atoms with Crippen LogP contribution in [0, 0.1) is 5.41 Å². The van der Waals surface area contributed by atoms with Crippen molar-refractivity contribution in [3.8, 4) is 0 Å². The lowest BCUT2D eigenvalue weighted by atomic mass is 9.82. The number of carbonyl (C=O) groups is 1. The monoisotopic (exact) mass is 302 g/mol. The van der Waals surface area contributed by atoms with Gasteiger partial charge in [0, 0.05) is 23.5 Å². The van der Waals surface area contributed by atoms with Gasteiger partial charge in [-0.05, 0) is 54.3 Å². The van der Waals surface area contributed by atoms with Crippen LogP contribution >= 0.6 is 11.3 Å². The van der Waals surface area contributed by atoms with Crippen molar-refractivity contribution in [3.05, 3.63) is 29.1 Å². The first-order valence-corrected chi connectivity index (χ1v) is 8.47. The van der Waals surface area contributed by atoms with Crippen LogP contribution in [0.15, 0.2) is 24.3 Å². The maximum absolute atomic E-state index is 12.7. The number of rotatable bonds is 3. The fourth-order valence-electron chi connectivity index (χ4n) is 3.26. The van der Waals surface area contributed by atoms with Crippen molar-refractivity contribution in [2.75, 3.05) is 18.8 Å². The van der Waals surface area contributed by atoms with Crippen molar-refractivity contribution < 1.29 is 4.79 Å². The lowest BCUT2D eigenvalue weighted by Crippen LogP contribution is -2.31. The number of fused-ring (bicyclic) bond motifs is 1. The van der Waals surface area contributed by atoms with E-state index in [9.17, 15) is 4.79 Å². The molecule has 0 spiro atoms. The molecule has 1 aromatic heterocycles. The fraction of sp³-hybridized carbons (Fsp3) is 0.471. The minimum atomic E-state index is 0.179. The first-order chi connectivity index (χ1) is 10.1. The number of nitrogens with two attached hydrogens (primary N) is 1. The van der Waals surface area contributed by atoms with Gasteiger partial charge in [0.15, 0.2) is 0 Å². The van der Waals surface area contributed by atoms with Gasteiger partial charge >= 0.3 is 0 Å². The topological polar surface area (TPSA) is 46.3 Å². The van der Waals surface area contributed by atoms with Crippen molar-refractivity contribution in [1.29, 1.82) is 0 Å². The molecule has 1 aliphatic rings. The number of anilines is 1. The third kappa shape index (κ3) is 2.53. The Hall–Kier alpha value is -1.55. The first-order valence-electron chi connectivity index (χ1n) is 7.65. The molecule has 0 bridgehead atoms. The van der Waals surface area contributed by atoms with Gasteiger partial charge in [0.2, 0.25) is 0 Å². The van der Waals surface area contributed by atoms with E-state index in [1.165, 1.54) is 0 Å². The molecule has 1 fully saturated rings. The third-order valence-electron chi connectivity index (χ3n) is 4.98. The molecule has 112 valence electrons. The van der Waals surface area contributed by atoms with Crippen LogP contribution in [-0.2, 0) is 0 Å². The van der Waals surface area contributed by atoms with E-state index >= 15 is 0 Å². The molecular formula is C17H22N2OS. The summed E-state index contributed by atoms with van der Waals surface area (Å²) < 4.78 is 1.13. The van der Waals surface area contributed by atoms with Crippen LogP contribution in [0.4, 0.5) is 5.69 Å². The van der Waals surface area contributed by atoms with E-state index < -0.39 is 0 Å². The van der Waals surface area contributed by atoms with Gasteiger partial charge in [-0.3, -0.25) is 4.79 Å². The predicted octanol–water partition coefficient (Wildman–Crippen LogP) is 4.14. The van der Waals surface area contributed by atoms with Crippen molar-refractivity contribution in [2.24, 2.45) is 5.41 Å². The summed E-state index contributed by atoms with van der Waals surface area (Å²) in [7, 11) is 0. The maximum Gasteiger partial charge on any atom is 0.263 e. The molecule has 4 heteroatoms. The van der Waals surface area contributed by atoms with Gasteiger partial charge in [-0.15, -0.1) is 11.3 Å². The molecule has 1 aromatic carbocycles. The van der Waals surface area contributed by atoms with E-state index in [0.717, 1.165) is 53.0 Å². The Bertz CT molecular complexity index is 672. The van der Waals surface area contributed by atoms with Crippen molar-refractivity contribution in [1.82, 2.24) is 4.90 Å². The zero-order valence-electron chi connectivity index (χ0n) is 12.7. The zero-order chi connectivity index (χ0) is 15.0. The van der Waals surface area contributed by atoms with Crippen molar-refractivity contribution in [2.45, 2.75) is 33.1 Å². The summed E-state index contributed by atoms with van der Waals surface area (Å²) in [6.07, 6.45) is 3.43. The third-order valence-corrected chi connectivity index (χ3v) is 6.08. The smallest absolute Gasteiger partial charge is 0.263 e. The highest BCUT2D eigenvalue weighted by Gasteiger charge is 2.37. The van der Waals surface area contributed by atoms with Gasteiger partial charge in [-0.2, -0.15) is 0 Å². The summed E-state index contributed by atoms with van der Waals surface area (Å²) in [6.45, 7) is 6.26. The molecule has 2 heterocycles. The normalized spacial score (nSPS) is 17.5. The number of thiophene rings is 1. The second-order valence-electron chi connectivity index (χ2n) is 6.09. The molecule has 0 atom stereocenters. The van der Waals surface area contributed by atoms with E-state index in [2.05, 4.69) is 13.8 Å². The quantitative estimate of drug-likeness (QED) is 0.866. The lowest BCUT2D eigenvalue weighted by Gasteiger charge is -2.26. The van der Waals surface area contributed by atoms with Gasteiger partial charge in [-0.25, -0.2) is 0 Å². The predicted molar refractivity (Wildman–Crippen MR) is 89.8 cm³/mol. The molecule has 0 aliphatic carbocycles. The summed E-state index contributed by atoms with van der Waals surface area (Å²) >= 11 is 1.57. The van der Waals surface area contributed by atoms with E-state index in [4.69, 9.17) is 5.73 Å². The molecule has 2 N–H and O–H groups in total. The maximum atomic E-state index is 12.7. The van der Waals surface area contributed by atoms with E-state index in [1.54, 1.807) is 11.3 Å². The van der Waals surface area contributed by atoms with Gasteiger partial charge in [0.05, 0.1) is 4.88 Å². The number of carbonyl (C=O) groups excluding carboxylic acids is 1. The van der Waals surface area contributed by atoms with E-state index in [0.29, 0.717) is 5.41 Å². The molecule has 1 amide bonds. The molecule has 21 heavy (non-hydrogen) atoms. The molecule has 0 unspecified atom stereocenters. The SMILES string of the molecule is CCC1(CC)CCN(C(=O)c2cc3cc(N)ccc3s2)C1. The molecule has 0 saturated carbocycles. The Morgan fingerprint density at radius 2 is 2.10 bits per heavy atom. The second-order valence-corrected chi connectivity index (χ2v) is 7.18. The molecule has 3 rings (SSSR count). The summed E-state index contributed by atoms with van der Waals surface area (Å²) in [4.78, 5) is 15.6. The number of benzene rings is 1. The summed E-state index contributed by atoms with van der Waals surface area (Å²) in [6, 6.07) is 7.81. The van der Waals surface area contributed by atoms with E-state index in [1.807, 2.05) is 29.2 Å². The molecule has 0 radical (unpaired) electrons. The summed E-state index contributed by atoms with van der Waals surface area (Å²) in [5.41, 5.74) is 6.89. The first kappa shape index (κ1) is 14.4. The number of amides is 1. The van der Waals surface area contributed by atoms with Crippen molar-refractivity contribution >= 4 is 33.0 Å². The van der Waals surface area contributed by atoms with Crippen LogP contribution in [0.25, 0.3) is 10.1 Å². The largest absolute Gasteiger partial charge is 0.399 e. The summed E-state index contributed by atoms with van der Waals surface area (Å²) in [5.74, 6) is 0.179. The van der Waals surface area contributed by atoms with E-state index in [-0.39, 0.29) is 5.91 Å². The number of likely N-dealkylation sites (tertiary alicyclic amines) is 1. The van der Waals surface area contributed by atoms with Gasteiger partial charge in [-0.1, -0.05) is 13.8 Å². The molecule has 3 nitrogen and oxygen atoms in total. The van der Waals surface area contributed by atoms with Crippen LogP contribution in [0.5, 0.6) is 0 Å². The second kappa shape index (κ2) is 5.34. The highest BCUT2D eigenvalue weighted by atomic mass is 32.1. The average molecular weight is 302 g/mol. The van der Waals surface area contributed by atoms with Crippen LogP contribution in [0.1, 0.15) is 42.8 Å². The number of nitrogens with zero attached hydrogens (tertiary/aromatic N) is 1. The van der Waals surface area contributed by atoms with Crippen LogP contribution < -0.4 is 5.73 Å². The Labute approximate surface area is 129 Å². The Morgan fingerprint density at radius 1 is 1.33 bits per heavy atom. The zero-order valence-corrected chi connectivity index (χ0v) is 13.5. The van der Waals surface area contributed by atoms with Gasteiger partial charge < -0.3 is 10.6 Å². The minimum absolute atomic E-state index is 0.179. The standard InChI is InChI=1S/C17H22N2OS/c1-3-17(4-2)7-8-19(11-17)16(20)15-10-12-9-13(18)5-6-14(12)21-15/h5-6,9-10H,3-4,7-8,11,18H2,1-2H3. The van der Waals surface area contributed by atoms with Gasteiger partial charge in [0.25, 0.3) is 5.91 Å². The van der Waals surface area contributed by atoms with Crippen molar-refractivity contribution in [3.63, 3.8) is 0 Å². The van der Waals surface area contributed by atoms with Crippen LogP contribution in [0.3, 0.4) is 0 Å². The number of hydrogen-bond acceptors (Lipinski definition) is 3. The highest BCUT2D eigenvalue weighted by molar-refractivity contribution is 7.20. The van der Waals surface area contributed by atoms with Gasteiger partial charge in [0.1, 0.15) is 0 Å². The Morgan fingerprint density at radius 3 is 2.76 bits per heavy atom. The Balaban J connectivity index is 1.84. The average Bonchev–Trinajstić information content (AvgIpc) is 3.10. The molecular weight excluding hydrogens is 280 g/mol. The lowest BCUT2D eigenvalue weighted by molar-refractivity contribution is 0.0774. The highest BCUT2D eigenvalue weighted by Crippen LogP contribution is 2.38. The molecule has 1 aliphatic heterocycles.